The number of hydrogen-bond acceptors (Lipinski definition) is 4. The average molecular weight is 181 g/mol. The summed E-state index contributed by atoms with van der Waals surface area (Å²) in [4.78, 5) is 13.0. The molecule has 1 aliphatic rings. The normalized spacial score (nSPS) is 14.4. The molecule has 0 saturated heterocycles. The Hall–Kier alpha value is -1.52. The number of esters is 1. The molecule has 0 N–H and O–H groups in total. The van der Waals surface area contributed by atoms with E-state index in [4.69, 9.17) is 0 Å². The van der Waals surface area contributed by atoms with Crippen LogP contribution in [0.25, 0.3) is 0 Å². The zero-order chi connectivity index (χ0) is 9.26. The lowest BCUT2D eigenvalue weighted by molar-refractivity contribution is -0.138. The molecule has 0 aromatic carbocycles. The molecule has 0 fully saturated rings. The highest BCUT2D eigenvalue weighted by atomic mass is 16.5. The second-order valence-corrected chi connectivity index (χ2v) is 2.91. The summed E-state index contributed by atoms with van der Waals surface area (Å²) in [7, 11) is 1.40. The van der Waals surface area contributed by atoms with E-state index in [9.17, 15) is 4.79 Å². The second kappa shape index (κ2) is 3.08. The monoisotopic (exact) mass is 181 g/mol. The summed E-state index contributed by atoms with van der Waals surface area (Å²) in [5.41, 5.74) is 0. The summed E-state index contributed by atoms with van der Waals surface area (Å²) in [5.74, 6) is 0.778. The third kappa shape index (κ3) is 1.37. The molecule has 1 aromatic rings. The van der Waals surface area contributed by atoms with Gasteiger partial charge in [0.1, 0.15) is 12.4 Å². The lowest BCUT2D eigenvalue weighted by Crippen LogP contribution is -2.28. The molecule has 1 aliphatic heterocycles. The predicted molar refractivity (Wildman–Crippen MR) is 46.5 cm³/mol. The molecule has 1 aromatic heterocycles. The summed E-state index contributed by atoms with van der Waals surface area (Å²) in [6.07, 6.45) is 1.73. The number of methoxy groups -OCH3 is 1. The van der Waals surface area contributed by atoms with Crippen molar-refractivity contribution in [3.63, 3.8) is 0 Å². The fraction of sp³-hybridized carbons (Fsp3) is 0.500. The van der Waals surface area contributed by atoms with Gasteiger partial charge in [-0.15, -0.1) is 0 Å². The van der Waals surface area contributed by atoms with Crippen molar-refractivity contribution in [1.82, 2.24) is 9.78 Å². The first-order valence-electron chi connectivity index (χ1n) is 4.15. The van der Waals surface area contributed by atoms with Gasteiger partial charge in [-0.3, -0.25) is 4.79 Å². The van der Waals surface area contributed by atoms with Crippen LogP contribution in [0.1, 0.15) is 0 Å². The Morgan fingerprint density at radius 3 is 3.31 bits per heavy atom. The largest absolute Gasteiger partial charge is 0.468 e. The minimum atomic E-state index is -0.213. The Bertz CT molecular complexity index is 321. The number of nitrogens with zero attached hydrogens (tertiary/aromatic N) is 3. The first-order chi connectivity index (χ1) is 6.31. The van der Waals surface area contributed by atoms with Crippen LogP contribution < -0.4 is 4.90 Å². The van der Waals surface area contributed by atoms with Crippen LogP contribution in [0.15, 0.2) is 12.3 Å². The van der Waals surface area contributed by atoms with E-state index in [0.29, 0.717) is 6.54 Å². The van der Waals surface area contributed by atoms with E-state index >= 15 is 0 Å². The molecule has 13 heavy (non-hydrogen) atoms. The van der Waals surface area contributed by atoms with Crippen molar-refractivity contribution in [1.29, 1.82) is 0 Å². The molecule has 70 valence electrons. The Labute approximate surface area is 75.9 Å². The van der Waals surface area contributed by atoms with Gasteiger partial charge in [-0.05, 0) is 0 Å². The Morgan fingerprint density at radius 2 is 2.54 bits per heavy atom. The fourth-order valence-electron chi connectivity index (χ4n) is 1.48. The summed E-state index contributed by atoms with van der Waals surface area (Å²) in [5, 5.41) is 4.10. The van der Waals surface area contributed by atoms with Crippen molar-refractivity contribution in [2.24, 2.45) is 0 Å². The van der Waals surface area contributed by atoms with E-state index in [2.05, 4.69) is 9.84 Å². The fourth-order valence-corrected chi connectivity index (χ4v) is 1.48. The lowest BCUT2D eigenvalue weighted by atomic mass is 10.5. The van der Waals surface area contributed by atoms with Crippen LogP contribution in [0.4, 0.5) is 5.82 Å². The zero-order valence-electron chi connectivity index (χ0n) is 7.43. The molecule has 5 nitrogen and oxygen atoms in total. The minimum Gasteiger partial charge on any atom is -0.468 e. The van der Waals surface area contributed by atoms with Crippen molar-refractivity contribution in [3.8, 4) is 0 Å². The maximum absolute atomic E-state index is 11.0. The number of fused-ring (bicyclic) bond motifs is 1. The molecule has 0 aliphatic carbocycles. The number of ether oxygens (including phenoxy) is 1. The molecule has 5 heteroatoms. The molecule has 0 bridgehead atoms. The maximum Gasteiger partial charge on any atom is 0.325 e. The summed E-state index contributed by atoms with van der Waals surface area (Å²) < 4.78 is 6.47. The minimum absolute atomic E-state index is 0.213. The lowest BCUT2D eigenvalue weighted by Gasteiger charge is -2.14. The smallest absolute Gasteiger partial charge is 0.325 e. The molecule has 2 rings (SSSR count). The van der Waals surface area contributed by atoms with Crippen molar-refractivity contribution in [2.75, 3.05) is 25.1 Å². The van der Waals surface area contributed by atoms with Gasteiger partial charge in [0.05, 0.1) is 19.9 Å². The van der Waals surface area contributed by atoms with E-state index in [1.165, 1.54) is 7.11 Å². The number of anilines is 1. The first-order valence-corrected chi connectivity index (χ1v) is 4.15. The Morgan fingerprint density at radius 1 is 1.69 bits per heavy atom. The number of hydrogen-bond donors (Lipinski definition) is 0. The summed E-state index contributed by atoms with van der Waals surface area (Å²) in [6.45, 7) is 1.99. The standard InChI is InChI=1S/C8H11N3O2/c1-13-8(12)6-10-4-5-11-7(10)2-3-9-11/h2-3H,4-6H2,1H3. The van der Waals surface area contributed by atoms with E-state index in [1.54, 1.807) is 6.20 Å². The molecule has 0 saturated carbocycles. The molecule has 0 unspecified atom stereocenters. The van der Waals surface area contributed by atoms with Gasteiger partial charge in [0.2, 0.25) is 0 Å². The van der Waals surface area contributed by atoms with Gasteiger partial charge in [-0.25, -0.2) is 4.68 Å². The van der Waals surface area contributed by atoms with Crippen LogP contribution in [0, 0.1) is 0 Å². The van der Waals surface area contributed by atoms with Crippen LogP contribution in [0.3, 0.4) is 0 Å². The van der Waals surface area contributed by atoms with Gasteiger partial charge in [-0.2, -0.15) is 5.10 Å². The van der Waals surface area contributed by atoms with Crippen LogP contribution in [-0.2, 0) is 16.1 Å². The number of carbonyl (C=O) groups is 1. The number of aromatic nitrogens is 2. The molecule has 0 atom stereocenters. The van der Waals surface area contributed by atoms with Gasteiger partial charge in [0, 0.05) is 12.6 Å². The summed E-state index contributed by atoms with van der Waals surface area (Å²) >= 11 is 0. The zero-order valence-corrected chi connectivity index (χ0v) is 7.43. The van der Waals surface area contributed by atoms with E-state index in [0.717, 1.165) is 18.9 Å². The molecule has 0 spiro atoms. The van der Waals surface area contributed by atoms with Crippen molar-refractivity contribution in [3.05, 3.63) is 12.3 Å². The predicted octanol–water partition coefficient (Wildman–Crippen LogP) is -0.124. The van der Waals surface area contributed by atoms with Crippen LogP contribution >= 0.6 is 0 Å². The highest BCUT2D eigenvalue weighted by Gasteiger charge is 2.21. The second-order valence-electron chi connectivity index (χ2n) is 2.91. The third-order valence-electron chi connectivity index (χ3n) is 2.15. The molecular weight excluding hydrogens is 170 g/mol. The van der Waals surface area contributed by atoms with E-state index in [-0.39, 0.29) is 5.97 Å². The summed E-state index contributed by atoms with van der Waals surface area (Å²) in [6, 6.07) is 1.90. The van der Waals surface area contributed by atoms with Crippen LogP contribution in [0.2, 0.25) is 0 Å². The van der Waals surface area contributed by atoms with Gasteiger partial charge >= 0.3 is 5.97 Å². The van der Waals surface area contributed by atoms with Crippen LogP contribution in [0.5, 0.6) is 0 Å². The quantitative estimate of drug-likeness (QED) is 0.596. The average Bonchev–Trinajstić information content (AvgIpc) is 2.69. The van der Waals surface area contributed by atoms with Gasteiger partial charge in [-0.1, -0.05) is 0 Å². The van der Waals surface area contributed by atoms with Gasteiger partial charge in [0.15, 0.2) is 0 Å². The van der Waals surface area contributed by atoms with Crippen molar-refractivity contribution < 1.29 is 9.53 Å². The first kappa shape index (κ1) is 8.10. The Kier molecular flexibility index (Phi) is 1.92. The highest BCUT2D eigenvalue weighted by Crippen LogP contribution is 2.18. The SMILES string of the molecule is COC(=O)CN1CCn2nccc21. The van der Waals surface area contributed by atoms with E-state index in [1.807, 2.05) is 15.6 Å². The third-order valence-corrected chi connectivity index (χ3v) is 2.15. The van der Waals surface area contributed by atoms with Gasteiger partial charge < -0.3 is 9.64 Å². The molecule has 0 amide bonds. The maximum atomic E-state index is 11.0. The van der Waals surface area contributed by atoms with Gasteiger partial charge in [0.25, 0.3) is 0 Å². The van der Waals surface area contributed by atoms with Crippen LogP contribution in [-0.4, -0.2) is 35.9 Å². The number of rotatable bonds is 2. The highest BCUT2D eigenvalue weighted by molar-refractivity contribution is 5.75. The molecule has 2 heterocycles. The van der Waals surface area contributed by atoms with Crippen molar-refractivity contribution >= 4 is 11.8 Å². The van der Waals surface area contributed by atoms with E-state index < -0.39 is 0 Å². The number of carbonyl (C=O) groups excluding carboxylic acids is 1. The molecular formula is C8H11N3O2. The molecule has 0 radical (unpaired) electrons. The topological polar surface area (TPSA) is 47.4 Å². The Balaban J connectivity index is 2.08. The van der Waals surface area contributed by atoms with Crippen molar-refractivity contribution in [2.45, 2.75) is 6.54 Å².